The van der Waals surface area contributed by atoms with E-state index in [-0.39, 0.29) is 17.7 Å². The Morgan fingerprint density at radius 3 is 2.76 bits per heavy atom. The highest BCUT2D eigenvalue weighted by atomic mass is 16.2. The quantitative estimate of drug-likeness (QED) is 0.783. The van der Waals surface area contributed by atoms with Gasteiger partial charge in [-0.1, -0.05) is 32.4 Å². The standard InChI is InChI=1S/C21H30N2O2/c1-3-14(2)21(25)23-19-6-4-5-16(11-19)13-22-20(24)12-18-10-15-7-8-17(18)9-15/h4-6,11,14-15,17-18H,3,7-10,12-13H2,1-2H3,(H,22,24)(H,23,25)/t14-,15-,17-,18+/m0/s1. The third-order valence-electron chi connectivity index (χ3n) is 6.08. The van der Waals surface area contributed by atoms with Crippen LogP contribution in [0.15, 0.2) is 24.3 Å². The monoisotopic (exact) mass is 342 g/mol. The number of fused-ring (bicyclic) bond motifs is 2. The van der Waals surface area contributed by atoms with Gasteiger partial charge in [-0.3, -0.25) is 9.59 Å². The van der Waals surface area contributed by atoms with Crippen LogP contribution in [0, 0.1) is 23.7 Å². The van der Waals surface area contributed by atoms with Crippen LogP contribution in [0.1, 0.15) is 57.9 Å². The van der Waals surface area contributed by atoms with Crippen LogP contribution >= 0.6 is 0 Å². The van der Waals surface area contributed by atoms with Gasteiger partial charge in [-0.2, -0.15) is 0 Å². The number of anilines is 1. The first-order valence-corrected chi connectivity index (χ1v) is 9.71. The Morgan fingerprint density at radius 2 is 2.08 bits per heavy atom. The molecule has 2 aliphatic carbocycles. The van der Waals surface area contributed by atoms with Crippen LogP contribution < -0.4 is 10.6 Å². The van der Waals surface area contributed by atoms with Crippen molar-refractivity contribution in [3.63, 3.8) is 0 Å². The van der Waals surface area contributed by atoms with Crippen molar-refractivity contribution in [3.05, 3.63) is 29.8 Å². The predicted molar refractivity (Wildman–Crippen MR) is 99.9 cm³/mol. The summed E-state index contributed by atoms with van der Waals surface area (Å²) in [5.41, 5.74) is 1.81. The van der Waals surface area contributed by atoms with E-state index in [1.165, 1.54) is 25.7 Å². The molecule has 2 saturated carbocycles. The molecule has 1 aromatic rings. The average Bonchev–Trinajstić information content (AvgIpc) is 3.22. The van der Waals surface area contributed by atoms with Crippen molar-refractivity contribution in [1.82, 2.24) is 5.32 Å². The van der Waals surface area contributed by atoms with Gasteiger partial charge in [0.05, 0.1) is 0 Å². The molecule has 0 unspecified atom stereocenters. The lowest BCUT2D eigenvalue weighted by Crippen LogP contribution is -2.27. The van der Waals surface area contributed by atoms with Crippen LogP contribution in [0.25, 0.3) is 0 Å². The normalized spacial score (nSPS) is 25.6. The Kier molecular flexibility index (Phi) is 5.77. The minimum atomic E-state index is 0.00472. The first-order valence-electron chi connectivity index (χ1n) is 9.71. The maximum absolute atomic E-state index is 12.3. The summed E-state index contributed by atoms with van der Waals surface area (Å²) in [4.78, 5) is 24.3. The van der Waals surface area contributed by atoms with E-state index in [1.807, 2.05) is 38.1 Å². The van der Waals surface area contributed by atoms with Crippen molar-refractivity contribution < 1.29 is 9.59 Å². The molecule has 2 bridgehead atoms. The summed E-state index contributed by atoms with van der Waals surface area (Å²) in [7, 11) is 0. The Hall–Kier alpha value is -1.84. The highest BCUT2D eigenvalue weighted by Gasteiger charge is 2.39. The van der Waals surface area contributed by atoms with Gasteiger partial charge < -0.3 is 10.6 Å². The van der Waals surface area contributed by atoms with E-state index in [9.17, 15) is 9.59 Å². The molecular weight excluding hydrogens is 312 g/mol. The van der Waals surface area contributed by atoms with Crippen molar-refractivity contribution in [2.75, 3.05) is 5.32 Å². The molecule has 136 valence electrons. The summed E-state index contributed by atoms with van der Waals surface area (Å²) in [6.45, 7) is 4.45. The van der Waals surface area contributed by atoms with Crippen LogP contribution in [0.4, 0.5) is 5.69 Å². The smallest absolute Gasteiger partial charge is 0.227 e. The summed E-state index contributed by atoms with van der Waals surface area (Å²) in [6, 6.07) is 7.74. The first kappa shape index (κ1) is 18.0. The van der Waals surface area contributed by atoms with Gasteiger partial charge in [-0.25, -0.2) is 0 Å². The minimum absolute atomic E-state index is 0.00472. The van der Waals surface area contributed by atoms with Crippen molar-refractivity contribution in [3.8, 4) is 0 Å². The Morgan fingerprint density at radius 1 is 1.24 bits per heavy atom. The fourth-order valence-electron chi connectivity index (χ4n) is 4.35. The van der Waals surface area contributed by atoms with Gasteiger partial charge in [0.25, 0.3) is 0 Å². The van der Waals surface area contributed by atoms with Crippen LogP contribution in [-0.2, 0) is 16.1 Å². The molecule has 25 heavy (non-hydrogen) atoms. The number of rotatable bonds is 7. The van der Waals surface area contributed by atoms with Crippen LogP contribution in [0.5, 0.6) is 0 Å². The van der Waals surface area contributed by atoms with E-state index < -0.39 is 0 Å². The Labute approximate surface area is 150 Å². The van der Waals surface area contributed by atoms with E-state index >= 15 is 0 Å². The molecule has 4 heteroatoms. The number of amides is 2. The Balaban J connectivity index is 1.47. The molecule has 0 saturated heterocycles. The lowest BCUT2D eigenvalue weighted by atomic mass is 9.86. The number of benzene rings is 1. The van der Waals surface area contributed by atoms with Crippen LogP contribution in [0.3, 0.4) is 0 Å². The molecule has 0 heterocycles. The van der Waals surface area contributed by atoms with Crippen molar-refractivity contribution in [2.24, 2.45) is 23.7 Å². The van der Waals surface area contributed by atoms with E-state index in [4.69, 9.17) is 0 Å². The molecule has 3 rings (SSSR count). The molecule has 0 aromatic heterocycles. The van der Waals surface area contributed by atoms with E-state index in [1.54, 1.807) is 0 Å². The average molecular weight is 342 g/mol. The summed E-state index contributed by atoms with van der Waals surface area (Å²) in [6.07, 6.45) is 6.78. The minimum Gasteiger partial charge on any atom is -0.352 e. The number of carbonyl (C=O) groups excluding carboxylic acids is 2. The van der Waals surface area contributed by atoms with E-state index in [0.717, 1.165) is 29.5 Å². The molecule has 4 atom stereocenters. The number of nitrogens with one attached hydrogen (secondary N) is 2. The maximum atomic E-state index is 12.3. The fraction of sp³-hybridized carbons (Fsp3) is 0.619. The van der Waals surface area contributed by atoms with Gasteiger partial charge in [0.1, 0.15) is 0 Å². The van der Waals surface area contributed by atoms with Gasteiger partial charge >= 0.3 is 0 Å². The first-order chi connectivity index (χ1) is 12.0. The summed E-state index contributed by atoms with van der Waals surface area (Å²) >= 11 is 0. The van der Waals surface area contributed by atoms with Crippen molar-refractivity contribution in [2.45, 2.75) is 58.9 Å². The number of hydrogen-bond acceptors (Lipinski definition) is 2. The van der Waals surface area contributed by atoms with Gasteiger partial charge in [-0.05, 0) is 61.1 Å². The third kappa shape index (κ3) is 4.62. The molecular formula is C21H30N2O2. The highest BCUT2D eigenvalue weighted by molar-refractivity contribution is 5.92. The maximum Gasteiger partial charge on any atom is 0.227 e. The SMILES string of the molecule is CC[C@H](C)C(=O)Nc1cccc(CNC(=O)C[C@H]2C[C@H]3CC[C@H]2C3)c1. The zero-order valence-electron chi connectivity index (χ0n) is 15.4. The summed E-state index contributed by atoms with van der Waals surface area (Å²) < 4.78 is 0. The second-order valence-corrected chi connectivity index (χ2v) is 7.91. The summed E-state index contributed by atoms with van der Waals surface area (Å²) in [5, 5.41) is 5.99. The zero-order chi connectivity index (χ0) is 17.8. The molecule has 0 radical (unpaired) electrons. The number of carbonyl (C=O) groups is 2. The third-order valence-corrected chi connectivity index (χ3v) is 6.08. The van der Waals surface area contributed by atoms with Crippen LogP contribution in [-0.4, -0.2) is 11.8 Å². The van der Waals surface area contributed by atoms with Crippen molar-refractivity contribution >= 4 is 17.5 Å². The molecule has 4 nitrogen and oxygen atoms in total. The molecule has 0 spiro atoms. The lowest BCUT2D eigenvalue weighted by Gasteiger charge is -2.21. The molecule has 2 N–H and O–H groups in total. The molecule has 2 amide bonds. The molecule has 2 fully saturated rings. The second-order valence-electron chi connectivity index (χ2n) is 7.91. The van der Waals surface area contributed by atoms with E-state index in [0.29, 0.717) is 18.9 Å². The Bertz CT molecular complexity index is 628. The predicted octanol–water partition coefficient (Wildman–Crippen LogP) is 4.11. The van der Waals surface area contributed by atoms with E-state index in [2.05, 4.69) is 10.6 Å². The highest BCUT2D eigenvalue weighted by Crippen LogP contribution is 2.49. The second kappa shape index (κ2) is 8.03. The molecule has 0 aliphatic heterocycles. The van der Waals surface area contributed by atoms with Crippen molar-refractivity contribution in [1.29, 1.82) is 0 Å². The lowest BCUT2D eigenvalue weighted by molar-refractivity contribution is -0.122. The zero-order valence-corrected chi connectivity index (χ0v) is 15.4. The van der Waals surface area contributed by atoms with Gasteiger partial charge in [0, 0.05) is 24.6 Å². The van der Waals surface area contributed by atoms with Crippen LogP contribution in [0.2, 0.25) is 0 Å². The molecule has 2 aliphatic rings. The number of hydrogen-bond donors (Lipinski definition) is 2. The largest absolute Gasteiger partial charge is 0.352 e. The van der Waals surface area contributed by atoms with Gasteiger partial charge in [-0.15, -0.1) is 0 Å². The molecule has 1 aromatic carbocycles. The fourth-order valence-corrected chi connectivity index (χ4v) is 4.35. The van der Waals surface area contributed by atoms with Gasteiger partial charge in [0.15, 0.2) is 0 Å². The van der Waals surface area contributed by atoms with Gasteiger partial charge in [0.2, 0.25) is 11.8 Å². The topological polar surface area (TPSA) is 58.2 Å². The summed E-state index contributed by atoms with van der Waals surface area (Å²) in [5.74, 6) is 2.47.